The Balaban J connectivity index is 3.01. The third kappa shape index (κ3) is 3.87. The number of hydrogen-bond donors (Lipinski definition) is 3. The van der Waals surface area contributed by atoms with Crippen molar-refractivity contribution in [1.82, 2.24) is 0 Å². The van der Waals surface area contributed by atoms with E-state index in [-0.39, 0.29) is 0 Å². The second-order valence-corrected chi connectivity index (χ2v) is 3.28. The van der Waals surface area contributed by atoms with Crippen LogP contribution in [-0.2, 0) is 9.59 Å². The summed E-state index contributed by atoms with van der Waals surface area (Å²) in [6.45, 7) is 0. The summed E-state index contributed by atoms with van der Waals surface area (Å²) < 4.78 is 26.3. The lowest BCUT2D eigenvalue weighted by Gasteiger charge is -2.06. The first-order valence-corrected chi connectivity index (χ1v) is 4.75. The molecule has 0 spiro atoms. The SMILES string of the molecule is O=C(O)/C=C/C(=O)Nc1cc(C(=O)O)c(F)cc1F. The fourth-order valence-electron chi connectivity index (χ4n) is 1.13. The normalized spacial score (nSPS) is 10.4. The third-order valence-electron chi connectivity index (χ3n) is 1.92. The number of carbonyl (C=O) groups excluding carboxylic acids is 1. The van der Waals surface area contributed by atoms with E-state index in [4.69, 9.17) is 10.2 Å². The first-order valence-electron chi connectivity index (χ1n) is 4.75. The summed E-state index contributed by atoms with van der Waals surface area (Å²) >= 11 is 0. The van der Waals surface area contributed by atoms with Gasteiger partial charge in [-0.1, -0.05) is 0 Å². The van der Waals surface area contributed by atoms with E-state index in [2.05, 4.69) is 0 Å². The maximum atomic E-state index is 13.3. The molecule has 0 aliphatic carbocycles. The highest BCUT2D eigenvalue weighted by Gasteiger charge is 2.16. The average molecular weight is 271 g/mol. The van der Waals surface area contributed by atoms with Crippen LogP contribution in [0.1, 0.15) is 10.4 Å². The average Bonchev–Trinajstić information content (AvgIpc) is 2.29. The van der Waals surface area contributed by atoms with Crippen molar-refractivity contribution in [3.05, 3.63) is 41.5 Å². The summed E-state index contributed by atoms with van der Waals surface area (Å²) in [5.41, 5.74) is -1.39. The van der Waals surface area contributed by atoms with Gasteiger partial charge in [-0.15, -0.1) is 0 Å². The van der Waals surface area contributed by atoms with E-state index in [1.165, 1.54) is 0 Å². The van der Waals surface area contributed by atoms with Gasteiger partial charge in [0.1, 0.15) is 11.6 Å². The summed E-state index contributed by atoms with van der Waals surface area (Å²) in [7, 11) is 0. The minimum Gasteiger partial charge on any atom is -0.478 e. The van der Waals surface area contributed by atoms with Crippen molar-refractivity contribution < 1.29 is 33.4 Å². The van der Waals surface area contributed by atoms with Gasteiger partial charge in [-0.2, -0.15) is 0 Å². The van der Waals surface area contributed by atoms with E-state index in [1.807, 2.05) is 5.32 Å². The molecule has 0 radical (unpaired) electrons. The van der Waals surface area contributed by atoms with E-state index >= 15 is 0 Å². The quantitative estimate of drug-likeness (QED) is 0.715. The number of carboxylic acids is 2. The summed E-state index contributed by atoms with van der Waals surface area (Å²) in [4.78, 5) is 31.9. The number of benzene rings is 1. The second-order valence-electron chi connectivity index (χ2n) is 3.28. The predicted molar refractivity (Wildman–Crippen MR) is 58.7 cm³/mol. The van der Waals surface area contributed by atoms with E-state index in [0.717, 1.165) is 0 Å². The summed E-state index contributed by atoms with van der Waals surface area (Å²) in [5, 5.41) is 18.8. The van der Waals surface area contributed by atoms with E-state index in [1.54, 1.807) is 0 Å². The molecule has 1 amide bonds. The van der Waals surface area contributed by atoms with Gasteiger partial charge in [0.15, 0.2) is 0 Å². The number of halogens is 2. The van der Waals surface area contributed by atoms with Crippen molar-refractivity contribution in [2.75, 3.05) is 5.32 Å². The van der Waals surface area contributed by atoms with Gasteiger partial charge in [0, 0.05) is 18.2 Å². The summed E-state index contributed by atoms with van der Waals surface area (Å²) in [6, 6.07) is 0.902. The highest BCUT2D eigenvalue weighted by molar-refractivity contribution is 6.03. The molecule has 0 heterocycles. The molecular formula is C11H7F2NO5. The Bertz CT molecular complexity index is 583. The molecule has 0 atom stereocenters. The fourth-order valence-corrected chi connectivity index (χ4v) is 1.13. The smallest absolute Gasteiger partial charge is 0.338 e. The zero-order valence-corrected chi connectivity index (χ0v) is 9.18. The topological polar surface area (TPSA) is 104 Å². The van der Waals surface area contributed by atoms with Gasteiger partial charge in [0.25, 0.3) is 0 Å². The Morgan fingerprint density at radius 2 is 1.68 bits per heavy atom. The van der Waals surface area contributed by atoms with Crippen LogP contribution in [0.5, 0.6) is 0 Å². The van der Waals surface area contributed by atoms with Crippen LogP contribution in [-0.4, -0.2) is 28.1 Å². The van der Waals surface area contributed by atoms with Crippen LogP contribution < -0.4 is 5.32 Å². The molecular weight excluding hydrogens is 264 g/mol. The number of carboxylic acid groups (broad SMARTS) is 2. The number of aliphatic carboxylic acids is 1. The van der Waals surface area contributed by atoms with Crippen molar-refractivity contribution in [2.45, 2.75) is 0 Å². The van der Waals surface area contributed by atoms with Crippen molar-refractivity contribution in [3.63, 3.8) is 0 Å². The summed E-state index contributed by atoms with van der Waals surface area (Å²) in [6.07, 6.45) is 1.11. The lowest BCUT2D eigenvalue weighted by molar-refractivity contribution is -0.131. The minimum atomic E-state index is -1.63. The molecule has 1 aromatic carbocycles. The third-order valence-corrected chi connectivity index (χ3v) is 1.92. The number of amides is 1. The van der Waals surface area contributed by atoms with Crippen LogP contribution in [0.2, 0.25) is 0 Å². The van der Waals surface area contributed by atoms with Gasteiger partial charge < -0.3 is 15.5 Å². The highest BCUT2D eigenvalue weighted by Crippen LogP contribution is 2.19. The lowest BCUT2D eigenvalue weighted by Crippen LogP contribution is -2.12. The number of hydrogen-bond acceptors (Lipinski definition) is 3. The Morgan fingerprint density at radius 3 is 2.21 bits per heavy atom. The molecule has 0 saturated carbocycles. The number of aromatic carboxylic acids is 1. The summed E-state index contributed by atoms with van der Waals surface area (Å²) in [5.74, 6) is -6.48. The maximum Gasteiger partial charge on any atom is 0.338 e. The van der Waals surface area contributed by atoms with Crippen molar-refractivity contribution in [2.24, 2.45) is 0 Å². The molecule has 0 aromatic heterocycles. The standard InChI is InChI=1S/C11H7F2NO5/c12-6-4-7(13)8(3-5(6)11(18)19)14-9(15)1-2-10(16)17/h1-4H,(H,14,15)(H,16,17)(H,18,19)/b2-1+. The molecule has 0 aliphatic rings. The number of nitrogens with one attached hydrogen (secondary N) is 1. The Labute approximate surface area is 105 Å². The zero-order valence-electron chi connectivity index (χ0n) is 9.18. The molecule has 0 bridgehead atoms. The van der Waals surface area contributed by atoms with E-state index < -0.39 is 40.7 Å². The Hall–Kier alpha value is -2.77. The van der Waals surface area contributed by atoms with Crippen LogP contribution in [0.15, 0.2) is 24.3 Å². The van der Waals surface area contributed by atoms with Gasteiger partial charge in [-0.25, -0.2) is 18.4 Å². The highest BCUT2D eigenvalue weighted by atomic mass is 19.1. The molecule has 0 saturated heterocycles. The molecule has 8 heteroatoms. The molecule has 1 rings (SSSR count). The van der Waals surface area contributed by atoms with Crippen LogP contribution in [0.25, 0.3) is 0 Å². The predicted octanol–water partition coefficient (Wildman–Crippen LogP) is 1.24. The molecule has 19 heavy (non-hydrogen) atoms. The molecule has 6 nitrogen and oxygen atoms in total. The number of anilines is 1. The van der Waals surface area contributed by atoms with Crippen molar-refractivity contribution >= 4 is 23.5 Å². The number of rotatable bonds is 4. The van der Waals surface area contributed by atoms with Gasteiger partial charge in [0.05, 0.1) is 11.3 Å². The molecule has 0 aliphatic heterocycles. The van der Waals surface area contributed by atoms with Gasteiger partial charge in [0.2, 0.25) is 5.91 Å². The molecule has 1 aromatic rings. The molecule has 3 N–H and O–H groups in total. The Morgan fingerprint density at radius 1 is 1.05 bits per heavy atom. The molecule has 0 fully saturated rings. The largest absolute Gasteiger partial charge is 0.478 e. The fraction of sp³-hybridized carbons (Fsp3) is 0. The lowest BCUT2D eigenvalue weighted by atomic mass is 10.1. The van der Waals surface area contributed by atoms with Crippen molar-refractivity contribution in [1.29, 1.82) is 0 Å². The van der Waals surface area contributed by atoms with Gasteiger partial charge >= 0.3 is 11.9 Å². The molecule has 100 valence electrons. The van der Waals surface area contributed by atoms with Gasteiger partial charge in [-0.05, 0) is 6.07 Å². The van der Waals surface area contributed by atoms with Crippen LogP contribution in [0.3, 0.4) is 0 Å². The van der Waals surface area contributed by atoms with Gasteiger partial charge in [-0.3, -0.25) is 4.79 Å². The van der Waals surface area contributed by atoms with Crippen LogP contribution >= 0.6 is 0 Å². The van der Waals surface area contributed by atoms with Crippen molar-refractivity contribution in [3.8, 4) is 0 Å². The van der Waals surface area contributed by atoms with Crippen LogP contribution in [0, 0.1) is 11.6 Å². The molecule has 0 unspecified atom stereocenters. The van der Waals surface area contributed by atoms with E-state index in [9.17, 15) is 23.2 Å². The number of carbonyl (C=O) groups is 3. The Kier molecular flexibility index (Phi) is 4.30. The minimum absolute atomic E-state index is 0.306. The maximum absolute atomic E-state index is 13.3. The first kappa shape index (κ1) is 14.3. The first-order chi connectivity index (χ1) is 8.81. The zero-order chi connectivity index (χ0) is 14.6. The van der Waals surface area contributed by atoms with E-state index in [0.29, 0.717) is 24.3 Å². The monoisotopic (exact) mass is 271 g/mol. The van der Waals surface area contributed by atoms with Crippen LogP contribution in [0.4, 0.5) is 14.5 Å². The second kappa shape index (κ2) is 5.71.